The van der Waals surface area contributed by atoms with E-state index in [9.17, 15) is 0 Å². The zero-order valence-electron chi connectivity index (χ0n) is 32.7. The summed E-state index contributed by atoms with van der Waals surface area (Å²) in [5.74, 6) is 3.06. The second-order valence-electron chi connectivity index (χ2n) is 17.9. The van der Waals surface area contributed by atoms with Gasteiger partial charge < -0.3 is 9.47 Å². The van der Waals surface area contributed by atoms with Gasteiger partial charge in [0.1, 0.15) is 28.5 Å². The molecule has 3 aromatic carbocycles. The Kier molecular flexibility index (Phi) is 7.23. The Bertz CT molecular complexity index is 2470. The predicted octanol–water partition coefficient (Wildman–Crippen LogP) is 11.3. The van der Waals surface area contributed by atoms with Crippen LogP contribution in [0.15, 0.2) is 90.3 Å². The minimum Gasteiger partial charge on any atom is -0.467 e. The number of hydrogen-bond donors (Lipinski definition) is 0. The molecule has 4 heterocycles. The standard InChI is InChI=1S/C46H50N4O2/c1-27-21-28(2)39(25-33(27)41-49-45(11)36-26-47-19-18-35(36)44(9,10)46(45,12)52-41)51-31-14-15-32-34-22-29(42(3,4)5)13-16-37(34)50(38(32)24-31)40-23-30(17-20-48-40)43(6,7)8/h13-26H,1-12H3/t45-,46+/m1/s1. The van der Waals surface area contributed by atoms with Crippen LogP contribution in [0, 0.1) is 13.8 Å². The van der Waals surface area contributed by atoms with Crippen LogP contribution in [0.2, 0.25) is 0 Å². The molecule has 3 aromatic heterocycles. The normalized spacial score (nSPS) is 20.9. The van der Waals surface area contributed by atoms with Crippen LogP contribution >= 0.6 is 0 Å². The van der Waals surface area contributed by atoms with Crippen LogP contribution in [0.4, 0.5) is 0 Å². The molecule has 266 valence electrons. The molecule has 2 atom stereocenters. The number of rotatable bonds is 4. The van der Waals surface area contributed by atoms with E-state index in [1.54, 1.807) is 0 Å². The molecule has 8 rings (SSSR count). The van der Waals surface area contributed by atoms with Crippen molar-refractivity contribution in [2.75, 3.05) is 0 Å². The quantitative estimate of drug-likeness (QED) is 0.185. The van der Waals surface area contributed by atoms with E-state index in [1.165, 1.54) is 22.1 Å². The molecular weight excluding hydrogens is 641 g/mol. The van der Waals surface area contributed by atoms with Gasteiger partial charge in [0.2, 0.25) is 5.90 Å². The Morgan fingerprint density at radius 1 is 0.692 bits per heavy atom. The smallest absolute Gasteiger partial charge is 0.218 e. The Balaban J connectivity index is 1.24. The molecule has 0 fully saturated rings. The summed E-state index contributed by atoms with van der Waals surface area (Å²) in [6, 6.07) is 24.0. The van der Waals surface area contributed by atoms with E-state index in [-0.39, 0.29) is 16.2 Å². The van der Waals surface area contributed by atoms with Crippen LogP contribution in [0.25, 0.3) is 27.6 Å². The molecule has 6 heteroatoms. The van der Waals surface area contributed by atoms with Crippen LogP contribution < -0.4 is 4.74 Å². The van der Waals surface area contributed by atoms with Gasteiger partial charge in [-0.25, -0.2) is 9.98 Å². The monoisotopic (exact) mass is 690 g/mol. The predicted molar refractivity (Wildman–Crippen MR) is 213 cm³/mol. The number of pyridine rings is 2. The fourth-order valence-electron chi connectivity index (χ4n) is 8.46. The van der Waals surface area contributed by atoms with Crippen LogP contribution in [-0.4, -0.2) is 26.0 Å². The van der Waals surface area contributed by atoms with Gasteiger partial charge in [0.15, 0.2) is 0 Å². The number of aryl methyl sites for hydroxylation is 2. The van der Waals surface area contributed by atoms with Crippen molar-refractivity contribution < 1.29 is 9.47 Å². The van der Waals surface area contributed by atoms with E-state index >= 15 is 0 Å². The van der Waals surface area contributed by atoms with Gasteiger partial charge in [0.05, 0.1) is 11.0 Å². The lowest BCUT2D eigenvalue weighted by atomic mass is 9.71. The topological polar surface area (TPSA) is 61.5 Å². The van der Waals surface area contributed by atoms with Gasteiger partial charge in [-0.15, -0.1) is 0 Å². The Morgan fingerprint density at radius 3 is 2.15 bits per heavy atom. The minimum absolute atomic E-state index is 0.0123. The third-order valence-electron chi connectivity index (χ3n) is 12.2. The molecule has 1 aliphatic carbocycles. The summed E-state index contributed by atoms with van der Waals surface area (Å²) in [6.07, 6.45) is 5.75. The lowest BCUT2D eigenvalue weighted by Gasteiger charge is -2.41. The van der Waals surface area contributed by atoms with E-state index in [1.807, 2.05) is 18.6 Å². The first-order chi connectivity index (χ1) is 24.3. The first-order valence-electron chi connectivity index (χ1n) is 18.4. The van der Waals surface area contributed by atoms with Crippen molar-refractivity contribution in [2.24, 2.45) is 4.99 Å². The highest BCUT2D eigenvalue weighted by Crippen LogP contribution is 2.61. The molecule has 0 saturated carbocycles. The molecule has 0 bridgehead atoms. The van der Waals surface area contributed by atoms with E-state index in [0.29, 0.717) is 5.90 Å². The number of hydrogen-bond acceptors (Lipinski definition) is 5. The molecule has 0 unspecified atom stereocenters. The molecule has 0 saturated heterocycles. The largest absolute Gasteiger partial charge is 0.467 e. The number of nitrogens with zero attached hydrogens (tertiary/aromatic N) is 4. The van der Waals surface area contributed by atoms with Gasteiger partial charge in [0.25, 0.3) is 0 Å². The molecule has 6 aromatic rings. The van der Waals surface area contributed by atoms with Gasteiger partial charge in [-0.2, -0.15) is 0 Å². The van der Waals surface area contributed by atoms with Crippen molar-refractivity contribution in [3.05, 3.63) is 124 Å². The molecule has 0 radical (unpaired) electrons. The molecule has 0 amide bonds. The summed E-state index contributed by atoms with van der Waals surface area (Å²) in [6.45, 7) is 26.6. The highest BCUT2D eigenvalue weighted by molar-refractivity contribution is 6.10. The number of ether oxygens (including phenoxy) is 2. The number of fused-ring (bicyclic) bond motifs is 6. The molecular formula is C46H50N4O2. The maximum atomic E-state index is 6.96. The van der Waals surface area contributed by atoms with Gasteiger partial charge in [-0.05, 0) is 115 Å². The number of benzene rings is 3. The number of aromatic nitrogens is 3. The summed E-state index contributed by atoms with van der Waals surface area (Å²) in [4.78, 5) is 14.7. The summed E-state index contributed by atoms with van der Waals surface area (Å²) in [5.41, 5.74) is 8.73. The maximum absolute atomic E-state index is 6.96. The highest BCUT2D eigenvalue weighted by atomic mass is 16.5. The van der Waals surface area contributed by atoms with Crippen molar-refractivity contribution in [1.82, 2.24) is 14.5 Å². The molecule has 0 spiro atoms. The van der Waals surface area contributed by atoms with Crippen molar-refractivity contribution in [3.8, 4) is 17.3 Å². The average molecular weight is 691 g/mol. The van der Waals surface area contributed by atoms with Gasteiger partial charge in [-0.1, -0.05) is 67.5 Å². The Labute approximate surface area is 308 Å². The molecule has 0 N–H and O–H groups in total. The van der Waals surface area contributed by atoms with Crippen molar-refractivity contribution in [3.63, 3.8) is 0 Å². The van der Waals surface area contributed by atoms with Gasteiger partial charge in [-0.3, -0.25) is 9.55 Å². The van der Waals surface area contributed by atoms with Crippen molar-refractivity contribution in [1.29, 1.82) is 0 Å². The summed E-state index contributed by atoms with van der Waals surface area (Å²) in [5, 5.41) is 2.37. The second kappa shape index (κ2) is 11.0. The van der Waals surface area contributed by atoms with E-state index < -0.39 is 11.1 Å². The van der Waals surface area contributed by atoms with Crippen LogP contribution in [0.1, 0.15) is 108 Å². The first kappa shape index (κ1) is 34.1. The minimum atomic E-state index is -0.581. The van der Waals surface area contributed by atoms with Crippen LogP contribution in [0.5, 0.6) is 11.5 Å². The maximum Gasteiger partial charge on any atom is 0.218 e. The zero-order chi connectivity index (χ0) is 37.2. The van der Waals surface area contributed by atoms with Gasteiger partial charge in [0, 0.05) is 52.0 Å². The van der Waals surface area contributed by atoms with E-state index in [0.717, 1.165) is 56.0 Å². The molecule has 2 aliphatic rings. The Morgan fingerprint density at radius 2 is 1.42 bits per heavy atom. The second-order valence-corrected chi connectivity index (χ2v) is 17.9. The van der Waals surface area contributed by atoms with Crippen molar-refractivity contribution >= 4 is 27.7 Å². The van der Waals surface area contributed by atoms with E-state index in [4.69, 9.17) is 19.5 Å². The molecule has 1 aliphatic heterocycles. The van der Waals surface area contributed by atoms with Crippen molar-refractivity contribution in [2.45, 2.75) is 110 Å². The summed E-state index contributed by atoms with van der Waals surface area (Å²) >= 11 is 0. The molecule has 6 nitrogen and oxygen atoms in total. The summed E-state index contributed by atoms with van der Waals surface area (Å²) in [7, 11) is 0. The number of aliphatic imine (C=N–C) groups is 1. The average Bonchev–Trinajstić information content (AvgIpc) is 3.60. The fourth-order valence-corrected chi connectivity index (χ4v) is 8.46. The zero-order valence-corrected chi connectivity index (χ0v) is 32.7. The summed E-state index contributed by atoms with van der Waals surface area (Å²) < 4.78 is 16.0. The first-order valence-corrected chi connectivity index (χ1v) is 18.4. The third kappa shape index (κ3) is 4.86. The van der Waals surface area contributed by atoms with Crippen LogP contribution in [-0.2, 0) is 26.5 Å². The fraction of sp³-hybridized carbons (Fsp3) is 0.370. The third-order valence-corrected chi connectivity index (χ3v) is 12.2. The lowest BCUT2D eigenvalue weighted by Crippen LogP contribution is -2.51. The molecule has 52 heavy (non-hydrogen) atoms. The van der Waals surface area contributed by atoms with E-state index in [2.05, 4.69) is 159 Å². The Hall–Kier alpha value is -4.97. The van der Waals surface area contributed by atoms with Gasteiger partial charge >= 0.3 is 0 Å². The lowest BCUT2D eigenvalue weighted by molar-refractivity contribution is -0.0136. The highest BCUT2D eigenvalue weighted by Gasteiger charge is 2.68. The SMILES string of the molecule is Cc1cc(C)c(C2=N[C@]3(C)c4cnccc4C(C)(C)[C@]3(C)O2)cc1Oc1ccc2c3cc(C(C)(C)C)ccc3n(-c3cc(C(C)(C)C)ccn3)c2c1. The van der Waals surface area contributed by atoms with Crippen LogP contribution in [0.3, 0.4) is 0 Å².